The number of nitrogens with two attached hydrogens (primary N) is 1. The second-order valence-corrected chi connectivity index (χ2v) is 5.86. The molecular formula is C13H22N2OS. The Morgan fingerprint density at radius 3 is 3.00 bits per heavy atom. The van der Waals surface area contributed by atoms with Crippen molar-refractivity contribution in [3.8, 4) is 0 Å². The van der Waals surface area contributed by atoms with E-state index in [1.807, 2.05) is 0 Å². The highest BCUT2D eigenvalue weighted by Gasteiger charge is 2.18. The summed E-state index contributed by atoms with van der Waals surface area (Å²) < 4.78 is 5.38. The quantitative estimate of drug-likeness (QED) is 0.879. The van der Waals surface area contributed by atoms with Crippen molar-refractivity contribution in [1.82, 2.24) is 4.98 Å². The van der Waals surface area contributed by atoms with E-state index in [0.717, 1.165) is 45.3 Å². The molecule has 1 aliphatic rings. The van der Waals surface area contributed by atoms with Crippen LogP contribution in [-0.4, -0.2) is 24.2 Å². The van der Waals surface area contributed by atoms with E-state index in [9.17, 15) is 0 Å². The molecule has 0 radical (unpaired) electrons. The predicted octanol–water partition coefficient (Wildman–Crippen LogP) is 2.71. The number of rotatable bonds is 5. The maximum Gasteiger partial charge on any atom is 0.0928 e. The average molecular weight is 254 g/mol. The SMILES string of the molecule is CC(N)CCCc1nc(C2CCOCC2)cs1. The van der Waals surface area contributed by atoms with E-state index in [0.29, 0.717) is 12.0 Å². The van der Waals surface area contributed by atoms with E-state index in [2.05, 4.69) is 12.3 Å². The molecular weight excluding hydrogens is 232 g/mol. The molecule has 96 valence electrons. The third kappa shape index (κ3) is 4.05. The van der Waals surface area contributed by atoms with E-state index >= 15 is 0 Å². The maximum atomic E-state index is 5.75. The van der Waals surface area contributed by atoms with Crippen molar-refractivity contribution in [1.29, 1.82) is 0 Å². The first-order valence-corrected chi connectivity index (χ1v) is 7.41. The average Bonchev–Trinajstić information content (AvgIpc) is 2.78. The molecule has 0 saturated carbocycles. The first-order valence-electron chi connectivity index (χ1n) is 6.53. The molecule has 1 aliphatic heterocycles. The van der Waals surface area contributed by atoms with Crippen LogP contribution in [0.4, 0.5) is 0 Å². The smallest absolute Gasteiger partial charge is 0.0928 e. The molecule has 0 amide bonds. The Bertz CT molecular complexity index is 332. The first kappa shape index (κ1) is 13.0. The fourth-order valence-electron chi connectivity index (χ4n) is 2.20. The highest BCUT2D eigenvalue weighted by molar-refractivity contribution is 7.09. The Kier molecular flexibility index (Phi) is 4.95. The fourth-order valence-corrected chi connectivity index (χ4v) is 3.12. The van der Waals surface area contributed by atoms with Gasteiger partial charge in [0.1, 0.15) is 0 Å². The van der Waals surface area contributed by atoms with E-state index in [-0.39, 0.29) is 0 Å². The van der Waals surface area contributed by atoms with Gasteiger partial charge in [0.2, 0.25) is 0 Å². The molecule has 1 aromatic rings. The van der Waals surface area contributed by atoms with Gasteiger partial charge in [-0.1, -0.05) is 0 Å². The molecule has 2 rings (SSSR count). The zero-order valence-corrected chi connectivity index (χ0v) is 11.3. The van der Waals surface area contributed by atoms with Gasteiger partial charge in [-0.25, -0.2) is 4.98 Å². The molecule has 0 aromatic carbocycles. The minimum atomic E-state index is 0.310. The number of nitrogens with zero attached hydrogens (tertiary/aromatic N) is 1. The Balaban J connectivity index is 1.82. The Labute approximate surface area is 107 Å². The van der Waals surface area contributed by atoms with Crippen LogP contribution in [-0.2, 0) is 11.2 Å². The second-order valence-electron chi connectivity index (χ2n) is 4.92. The van der Waals surface area contributed by atoms with Gasteiger partial charge in [-0.3, -0.25) is 0 Å². The lowest BCUT2D eigenvalue weighted by atomic mass is 9.97. The van der Waals surface area contributed by atoms with Gasteiger partial charge in [-0.2, -0.15) is 0 Å². The number of thiazole rings is 1. The van der Waals surface area contributed by atoms with Gasteiger partial charge in [0.05, 0.1) is 10.7 Å². The van der Waals surface area contributed by atoms with Crippen LogP contribution in [0.3, 0.4) is 0 Å². The minimum Gasteiger partial charge on any atom is -0.381 e. The van der Waals surface area contributed by atoms with Crippen LogP contribution in [0, 0.1) is 0 Å². The summed E-state index contributed by atoms with van der Waals surface area (Å²) in [5.41, 5.74) is 7.03. The molecule has 2 N–H and O–H groups in total. The van der Waals surface area contributed by atoms with E-state index in [1.54, 1.807) is 11.3 Å². The minimum absolute atomic E-state index is 0.310. The van der Waals surface area contributed by atoms with Crippen LogP contribution in [0.15, 0.2) is 5.38 Å². The van der Waals surface area contributed by atoms with Gasteiger partial charge in [0.25, 0.3) is 0 Å². The molecule has 1 aromatic heterocycles. The van der Waals surface area contributed by atoms with E-state index < -0.39 is 0 Å². The predicted molar refractivity (Wildman–Crippen MR) is 71.5 cm³/mol. The van der Waals surface area contributed by atoms with Crippen molar-refractivity contribution in [3.05, 3.63) is 16.1 Å². The Morgan fingerprint density at radius 1 is 1.53 bits per heavy atom. The standard InChI is InChI=1S/C13H22N2OS/c1-10(14)3-2-4-13-15-12(9-17-13)11-5-7-16-8-6-11/h9-11H,2-8,14H2,1H3. The number of aryl methyl sites for hydroxylation is 1. The second kappa shape index (κ2) is 6.47. The van der Waals surface area contributed by atoms with Crippen molar-refractivity contribution in [2.24, 2.45) is 5.73 Å². The van der Waals surface area contributed by atoms with Crippen molar-refractivity contribution in [2.75, 3.05) is 13.2 Å². The summed E-state index contributed by atoms with van der Waals surface area (Å²) >= 11 is 1.80. The van der Waals surface area contributed by atoms with E-state index in [4.69, 9.17) is 15.5 Å². The van der Waals surface area contributed by atoms with Gasteiger partial charge in [0, 0.05) is 30.6 Å². The van der Waals surface area contributed by atoms with Gasteiger partial charge in [-0.15, -0.1) is 11.3 Å². The van der Waals surface area contributed by atoms with Gasteiger partial charge in [0.15, 0.2) is 0 Å². The number of aromatic nitrogens is 1. The normalized spacial score (nSPS) is 19.4. The summed E-state index contributed by atoms with van der Waals surface area (Å²) in [6.45, 7) is 3.85. The lowest BCUT2D eigenvalue weighted by Gasteiger charge is -2.19. The third-order valence-corrected chi connectivity index (χ3v) is 4.19. The van der Waals surface area contributed by atoms with Crippen molar-refractivity contribution < 1.29 is 4.74 Å². The first-order chi connectivity index (χ1) is 8.25. The summed E-state index contributed by atoms with van der Waals surface area (Å²) in [6.07, 6.45) is 5.58. The lowest BCUT2D eigenvalue weighted by Crippen LogP contribution is -2.15. The van der Waals surface area contributed by atoms with Crippen molar-refractivity contribution in [2.45, 2.75) is 51.0 Å². The van der Waals surface area contributed by atoms with Crippen LogP contribution in [0.5, 0.6) is 0 Å². The lowest BCUT2D eigenvalue weighted by molar-refractivity contribution is 0.0846. The number of hydrogen-bond donors (Lipinski definition) is 1. The molecule has 0 aliphatic carbocycles. The molecule has 0 spiro atoms. The molecule has 4 heteroatoms. The van der Waals surface area contributed by atoms with Gasteiger partial charge < -0.3 is 10.5 Å². The van der Waals surface area contributed by atoms with Crippen molar-refractivity contribution >= 4 is 11.3 Å². The highest BCUT2D eigenvalue weighted by atomic mass is 32.1. The van der Waals surface area contributed by atoms with Crippen LogP contribution in [0.25, 0.3) is 0 Å². The zero-order valence-electron chi connectivity index (χ0n) is 10.5. The van der Waals surface area contributed by atoms with Crippen LogP contribution in [0.2, 0.25) is 0 Å². The molecule has 1 unspecified atom stereocenters. The summed E-state index contributed by atoms with van der Waals surface area (Å²) in [6, 6.07) is 0.310. The van der Waals surface area contributed by atoms with Crippen LogP contribution >= 0.6 is 11.3 Å². The molecule has 1 atom stereocenters. The molecule has 0 bridgehead atoms. The van der Waals surface area contributed by atoms with Gasteiger partial charge >= 0.3 is 0 Å². The van der Waals surface area contributed by atoms with Crippen molar-refractivity contribution in [3.63, 3.8) is 0 Å². The number of hydrogen-bond acceptors (Lipinski definition) is 4. The molecule has 17 heavy (non-hydrogen) atoms. The number of ether oxygens (including phenoxy) is 1. The maximum absolute atomic E-state index is 5.75. The largest absolute Gasteiger partial charge is 0.381 e. The fraction of sp³-hybridized carbons (Fsp3) is 0.769. The summed E-state index contributed by atoms with van der Waals surface area (Å²) in [5.74, 6) is 0.627. The Hall–Kier alpha value is -0.450. The van der Waals surface area contributed by atoms with Crippen LogP contribution in [0.1, 0.15) is 49.2 Å². The summed E-state index contributed by atoms with van der Waals surface area (Å²) in [5, 5.41) is 3.50. The Morgan fingerprint density at radius 2 is 2.29 bits per heavy atom. The molecule has 2 heterocycles. The van der Waals surface area contributed by atoms with E-state index in [1.165, 1.54) is 10.7 Å². The topological polar surface area (TPSA) is 48.1 Å². The molecule has 1 fully saturated rings. The van der Waals surface area contributed by atoms with Gasteiger partial charge in [-0.05, 0) is 39.0 Å². The zero-order chi connectivity index (χ0) is 12.1. The van der Waals surface area contributed by atoms with Crippen LogP contribution < -0.4 is 5.73 Å². The molecule has 3 nitrogen and oxygen atoms in total. The summed E-state index contributed by atoms with van der Waals surface area (Å²) in [7, 11) is 0. The highest BCUT2D eigenvalue weighted by Crippen LogP contribution is 2.28. The molecule has 1 saturated heterocycles. The summed E-state index contributed by atoms with van der Waals surface area (Å²) in [4.78, 5) is 4.75. The monoisotopic (exact) mass is 254 g/mol. The third-order valence-electron chi connectivity index (χ3n) is 3.26.